The summed E-state index contributed by atoms with van der Waals surface area (Å²) < 4.78 is 0. The molecule has 4 unspecified atom stereocenters. The number of imide groups is 1. The fourth-order valence-corrected chi connectivity index (χ4v) is 7.33. The third-order valence-electron chi connectivity index (χ3n) is 9.14. The molecule has 7 nitrogen and oxygen atoms in total. The van der Waals surface area contributed by atoms with E-state index in [4.69, 9.17) is 0 Å². The van der Waals surface area contributed by atoms with Crippen molar-refractivity contribution in [2.45, 2.75) is 62.6 Å². The predicted molar refractivity (Wildman–Crippen MR) is 135 cm³/mol. The number of rotatable bonds is 5. The highest BCUT2D eigenvalue weighted by atomic mass is 16.3. The van der Waals surface area contributed by atoms with Crippen molar-refractivity contribution >= 4 is 11.9 Å². The molecule has 0 aromatic heterocycles. The van der Waals surface area contributed by atoms with Crippen LogP contribution in [0.1, 0.15) is 48.8 Å². The van der Waals surface area contributed by atoms with E-state index in [1.807, 2.05) is 43.3 Å². The highest BCUT2D eigenvalue weighted by Crippen LogP contribution is 2.61. The number of benzene rings is 2. The van der Waals surface area contributed by atoms with Crippen LogP contribution in [0.5, 0.6) is 5.75 Å². The van der Waals surface area contributed by atoms with Crippen LogP contribution in [-0.4, -0.2) is 63.2 Å². The molecular weight excluding hydrogens is 454 g/mol. The van der Waals surface area contributed by atoms with Gasteiger partial charge in [-0.05, 0) is 73.3 Å². The Labute approximate surface area is 212 Å². The molecule has 2 aliphatic heterocycles. The number of aromatic hydroxyl groups is 1. The first-order valence-corrected chi connectivity index (χ1v) is 13.2. The van der Waals surface area contributed by atoms with Gasteiger partial charge in [0.05, 0.1) is 5.60 Å². The van der Waals surface area contributed by atoms with E-state index >= 15 is 0 Å². The average Bonchev–Trinajstić information content (AvgIpc) is 3.62. The SMILES string of the molecule is Cc1ccc(O)cc1C12CC(=O)NC(=O)N(Cc3ccccc3)CCC1(O)C1C(CN1CC1CC1)C2. The maximum Gasteiger partial charge on any atom is 0.324 e. The number of phenols is 1. The first kappa shape index (κ1) is 23.5. The zero-order valence-corrected chi connectivity index (χ0v) is 20.8. The van der Waals surface area contributed by atoms with Gasteiger partial charge < -0.3 is 15.1 Å². The second-order valence-corrected chi connectivity index (χ2v) is 11.5. The molecule has 3 amide bonds. The van der Waals surface area contributed by atoms with Gasteiger partial charge in [-0.15, -0.1) is 0 Å². The van der Waals surface area contributed by atoms with Crippen LogP contribution in [0, 0.1) is 18.8 Å². The Kier molecular flexibility index (Phi) is 5.61. The lowest BCUT2D eigenvalue weighted by Crippen LogP contribution is -2.66. The summed E-state index contributed by atoms with van der Waals surface area (Å²) in [4.78, 5) is 30.6. The molecule has 2 heterocycles. The number of hydrogen-bond donors (Lipinski definition) is 3. The van der Waals surface area contributed by atoms with Crippen LogP contribution in [0.2, 0.25) is 0 Å². The molecule has 2 aliphatic carbocycles. The van der Waals surface area contributed by atoms with Crippen molar-refractivity contribution in [1.29, 1.82) is 0 Å². The number of fused-ring (bicyclic) bond motifs is 3. The normalized spacial score (nSPS) is 32.6. The van der Waals surface area contributed by atoms with E-state index in [0.717, 1.165) is 29.8 Å². The minimum atomic E-state index is -1.21. The Morgan fingerprint density at radius 1 is 1.11 bits per heavy atom. The Balaban J connectivity index is 1.42. The molecule has 7 heteroatoms. The van der Waals surface area contributed by atoms with E-state index in [1.54, 1.807) is 17.0 Å². The van der Waals surface area contributed by atoms with E-state index in [9.17, 15) is 19.8 Å². The van der Waals surface area contributed by atoms with Crippen molar-refractivity contribution in [3.63, 3.8) is 0 Å². The Morgan fingerprint density at radius 2 is 1.89 bits per heavy atom. The van der Waals surface area contributed by atoms with E-state index in [2.05, 4.69) is 10.2 Å². The summed E-state index contributed by atoms with van der Waals surface area (Å²) in [5.41, 5.74) is 0.659. The molecular formula is C29H35N3O4. The molecule has 2 saturated heterocycles. The number of carbonyl (C=O) groups excluding carboxylic acids is 2. The summed E-state index contributed by atoms with van der Waals surface area (Å²) in [6.45, 7) is 4.59. The van der Waals surface area contributed by atoms with Crippen molar-refractivity contribution < 1.29 is 19.8 Å². The van der Waals surface area contributed by atoms with Gasteiger partial charge in [-0.25, -0.2) is 4.79 Å². The standard InChI is InChI=1S/C29H35N3O4/c1-19-7-10-23(33)13-24(19)28-14-22-18-32(17-21-8-9-21)26(22)29(28,36)11-12-31(27(35)30-25(34)15-28)16-20-5-3-2-4-6-20/h2-7,10,13,21-22,26,33,36H,8-9,11-12,14-18H2,1H3,(H,30,34,35). The lowest BCUT2D eigenvalue weighted by molar-refractivity contribution is -0.133. The number of amides is 3. The van der Waals surface area contributed by atoms with Crippen molar-refractivity contribution in [2.75, 3.05) is 19.6 Å². The lowest BCUT2D eigenvalue weighted by atomic mass is 9.63. The van der Waals surface area contributed by atoms with E-state index in [0.29, 0.717) is 31.8 Å². The van der Waals surface area contributed by atoms with Crippen LogP contribution in [0.4, 0.5) is 4.79 Å². The number of nitrogens with zero attached hydrogens (tertiary/aromatic N) is 2. The molecule has 0 spiro atoms. The topological polar surface area (TPSA) is 93.1 Å². The van der Waals surface area contributed by atoms with Gasteiger partial charge in [0.2, 0.25) is 5.91 Å². The van der Waals surface area contributed by atoms with Crippen LogP contribution in [0.3, 0.4) is 0 Å². The Bertz CT molecular complexity index is 1180. The molecule has 6 rings (SSSR count). The van der Waals surface area contributed by atoms with Gasteiger partial charge in [-0.1, -0.05) is 36.4 Å². The molecule has 2 aromatic rings. The number of carbonyl (C=O) groups is 2. The third-order valence-corrected chi connectivity index (χ3v) is 9.14. The first-order valence-electron chi connectivity index (χ1n) is 13.2. The number of aryl methyl sites for hydroxylation is 1. The van der Waals surface area contributed by atoms with Crippen molar-refractivity contribution in [3.05, 3.63) is 65.2 Å². The molecule has 4 atom stereocenters. The molecule has 3 N–H and O–H groups in total. The smallest absolute Gasteiger partial charge is 0.324 e. The quantitative estimate of drug-likeness (QED) is 0.599. The number of hydrogen-bond acceptors (Lipinski definition) is 5. The summed E-state index contributed by atoms with van der Waals surface area (Å²) >= 11 is 0. The monoisotopic (exact) mass is 489 g/mol. The fourth-order valence-electron chi connectivity index (χ4n) is 7.33. The van der Waals surface area contributed by atoms with Gasteiger partial charge in [0.25, 0.3) is 0 Å². The van der Waals surface area contributed by atoms with Gasteiger partial charge in [-0.2, -0.15) is 0 Å². The summed E-state index contributed by atoms with van der Waals surface area (Å²) in [5, 5.41) is 25.9. The Morgan fingerprint density at radius 3 is 2.64 bits per heavy atom. The van der Waals surface area contributed by atoms with Gasteiger partial charge >= 0.3 is 6.03 Å². The minimum absolute atomic E-state index is 0.0168. The summed E-state index contributed by atoms with van der Waals surface area (Å²) in [6, 6.07) is 14.5. The van der Waals surface area contributed by atoms with Gasteiger partial charge in [0, 0.05) is 44.1 Å². The zero-order chi connectivity index (χ0) is 25.1. The van der Waals surface area contributed by atoms with Crippen molar-refractivity contribution in [3.8, 4) is 5.75 Å². The van der Waals surface area contributed by atoms with E-state index in [1.165, 1.54) is 12.8 Å². The Hall–Kier alpha value is -2.90. The molecule has 4 fully saturated rings. The minimum Gasteiger partial charge on any atom is -0.508 e. The van der Waals surface area contributed by atoms with Gasteiger partial charge in [0.1, 0.15) is 5.75 Å². The van der Waals surface area contributed by atoms with Crippen LogP contribution >= 0.6 is 0 Å². The van der Waals surface area contributed by atoms with E-state index in [-0.39, 0.29) is 30.0 Å². The number of aliphatic hydroxyl groups is 1. The number of urea groups is 1. The number of nitrogens with one attached hydrogen (secondary N) is 1. The largest absolute Gasteiger partial charge is 0.508 e. The molecule has 190 valence electrons. The molecule has 0 bridgehead atoms. The number of phenolic OH excluding ortho intramolecular Hbond substituents is 1. The number of likely N-dealkylation sites (tertiary alicyclic amines) is 1. The van der Waals surface area contributed by atoms with E-state index < -0.39 is 17.0 Å². The highest BCUT2D eigenvalue weighted by Gasteiger charge is 2.69. The summed E-state index contributed by atoms with van der Waals surface area (Å²) in [6.07, 6.45) is 3.54. The zero-order valence-electron chi connectivity index (χ0n) is 20.8. The maximum atomic E-state index is 13.4. The average molecular weight is 490 g/mol. The second kappa shape index (κ2) is 8.60. The van der Waals surface area contributed by atoms with Gasteiger partial charge in [-0.3, -0.25) is 15.0 Å². The molecule has 2 aromatic carbocycles. The summed E-state index contributed by atoms with van der Waals surface area (Å²) in [7, 11) is 0. The van der Waals surface area contributed by atoms with Crippen molar-refractivity contribution in [2.24, 2.45) is 11.8 Å². The van der Waals surface area contributed by atoms with Crippen LogP contribution in [0.15, 0.2) is 48.5 Å². The van der Waals surface area contributed by atoms with Crippen LogP contribution in [0.25, 0.3) is 0 Å². The molecule has 36 heavy (non-hydrogen) atoms. The second-order valence-electron chi connectivity index (χ2n) is 11.5. The molecule has 2 saturated carbocycles. The first-order chi connectivity index (χ1) is 17.3. The van der Waals surface area contributed by atoms with Gasteiger partial charge in [0.15, 0.2) is 0 Å². The molecule has 4 aliphatic rings. The van der Waals surface area contributed by atoms with Crippen molar-refractivity contribution in [1.82, 2.24) is 15.1 Å². The highest BCUT2D eigenvalue weighted by molar-refractivity contribution is 5.95. The maximum absolute atomic E-state index is 13.4. The predicted octanol–water partition coefficient (Wildman–Crippen LogP) is 3.32. The third kappa shape index (κ3) is 3.80. The van der Waals surface area contributed by atoms with Crippen LogP contribution in [-0.2, 0) is 16.8 Å². The fraction of sp³-hybridized carbons (Fsp3) is 0.517. The molecule has 0 radical (unpaired) electrons. The lowest BCUT2D eigenvalue weighted by Gasteiger charge is -2.53. The van der Waals surface area contributed by atoms with Crippen LogP contribution < -0.4 is 5.32 Å². The summed E-state index contributed by atoms with van der Waals surface area (Å²) in [5.74, 6) is 0.725.